The first-order valence-electron chi connectivity index (χ1n) is 5.67. The first-order valence-corrected chi connectivity index (χ1v) is 5.67. The monoisotopic (exact) mass is 233 g/mol. The van der Waals surface area contributed by atoms with Gasteiger partial charge in [0.1, 0.15) is 6.29 Å². The lowest BCUT2D eigenvalue weighted by molar-refractivity contribution is -0.109. The molecule has 90 valence electrons. The molecule has 0 spiro atoms. The number of amides is 1. The maximum Gasteiger partial charge on any atom is 0.404 e. The third kappa shape index (κ3) is 2.30. The van der Waals surface area contributed by atoms with Crippen LogP contribution in [0.1, 0.15) is 18.4 Å². The number of rotatable bonds is 5. The van der Waals surface area contributed by atoms with E-state index in [-0.39, 0.29) is 11.3 Å². The van der Waals surface area contributed by atoms with E-state index in [9.17, 15) is 9.59 Å². The largest absolute Gasteiger partial charge is 0.465 e. The normalized spacial score (nSPS) is 26.2. The Balaban J connectivity index is 2.07. The highest BCUT2D eigenvalue weighted by Gasteiger charge is 2.54. The van der Waals surface area contributed by atoms with Crippen LogP contribution in [0.3, 0.4) is 0 Å². The molecule has 0 bridgehead atoms. The molecule has 1 amide bonds. The van der Waals surface area contributed by atoms with Gasteiger partial charge in [-0.05, 0) is 18.4 Å². The number of benzene rings is 1. The van der Waals surface area contributed by atoms with Crippen molar-refractivity contribution in [2.24, 2.45) is 5.92 Å². The van der Waals surface area contributed by atoms with Gasteiger partial charge in [-0.3, -0.25) is 0 Å². The van der Waals surface area contributed by atoms with E-state index in [0.717, 1.165) is 18.3 Å². The number of carbonyl (C=O) groups excluding carboxylic acids is 1. The van der Waals surface area contributed by atoms with Gasteiger partial charge in [-0.25, -0.2) is 4.79 Å². The molecule has 1 aromatic rings. The maximum atomic E-state index is 10.9. The predicted molar refractivity (Wildman–Crippen MR) is 62.9 cm³/mol. The van der Waals surface area contributed by atoms with E-state index in [1.165, 1.54) is 0 Å². The van der Waals surface area contributed by atoms with Crippen molar-refractivity contribution in [1.82, 2.24) is 5.32 Å². The van der Waals surface area contributed by atoms with Crippen molar-refractivity contribution in [2.75, 3.05) is 6.54 Å². The Hall–Kier alpha value is -1.84. The SMILES string of the molecule is O=C[C@H]1C[C@@]1(CCNC(=O)O)c1ccccc1. The van der Waals surface area contributed by atoms with Crippen LogP contribution >= 0.6 is 0 Å². The Morgan fingerprint density at radius 2 is 2.18 bits per heavy atom. The fourth-order valence-corrected chi connectivity index (χ4v) is 2.44. The molecule has 1 fully saturated rings. The van der Waals surface area contributed by atoms with E-state index in [1.54, 1.807) is 0 Å². The molecule has 1 aliphatic rings. The van der Waals surface area contributed by atoms with E-state index in [1.807, 2.05) is 30.3 Å². The zero-order valence-corrected chi connectivity index (χ0v) is 9.43. The smallest absolute Gasteiger partial charge is 0.404 e. The molecule has 0 aliphatic heterocycles. The molecule has 0 unspecified atom stereocenters. The van der Waals surface area contributed by atoms with Crippen LogP contribution in [-0.2, 0) is 10.2 Å². The van der Waals surface area contributed by atoms with Crippen molar-refractivity contribution in [3.63, 3.8) is 0 Å². The van der Waals surface area contributed by atoms with Crippen molar-refractivity contribution >= 4 is 12.4 Å². The Kier molecular flexibility index (Phi) is 3.13. The lowest BCUT2D eigenvalue weighted by Gasteiger charge is -2.16. The van der Waals surface area contributed by atoms with Gasteiger partial charge >= 0.3 is 6.09 Å². The zero-order valence-electron chi connectivity index (χ0n) is 9.43. The first kappa shape index (κ1) is 11.6. The molecule has 4 heteroatoms. The van der Waals surface area contributed by atoms with Crippen LogP contribution < -0.4 is 5.32 Å². The molecule has 1 aromatic carbocycles. The number of aldehydes is 1. The Morgan fingerprint density at radius 3 is 2.71 bits per heavy atom. The van der Waals surface area contributed by atoms with Crippen LogP contribution in [-0.4, -0.2) is 24.0 Å². The number of nitrogens with one attached hydrogen (secondary N) is 1. The third-order valence-corrected chi connectivity index (χ3v) is 3.49. The molecule has 2 rings (SSSR count). The van der Waals surface area contributed by atoms with Gasteiger partial charge in [0.2, 0.25) is 0 Å². The predicted octanol–water partition coefficient (Wildman–Crippen LogP) is 1.80. The van der Waals surface area contributed by atoms with Gasteiger partial charge in [0, 0.05) is 17.9 Å². The van der Waals surface area contributed by atoms with E-state index < -0.39 is 6.09 Å². The molecule has 0 radical (unpaired) electrons. The minimum Gasteiger partial charge on any atom is -0.465 e. The van der Waals surface area contributed by atoms with Crippen LogP contribution in [0, 0.1) is 5.92 Å². The molecule has 0 saturated heterocycles. The van der Waals surface area contributed by atoms with Crippen LogP contribution in [0.4, 0.5) is 4.79 Å². The highest BCUT2D eigenvalue weighted by atomic mass is 16.4. The number of hydrogen-bond donors (Lipinski definition) is 2. The quantitative estimate of drug-likeness (QED) is 0.762. The van der Waals surface area contributed by atoms with Crippen molar-refractivity contribution in [3.8, 4) is 0 Å². The Morgan fingerprint density at radius 1 is 1.47 bits per heavy atom. The van der Waals surface area contributed by atoms with Crippen molar-refractivity contribution in [3.05, 3.63) is 35.9 Å². The topological polar surface area (TPSA) is 66.4 Å². The van der Waals surface area contributed by atoms with Crippen molar-refractivity contribution in [2.45, 2.75) is 18.3 Å². The van der Waals surface area contributed by atoms with Gasteiger partial charge in [0.05, 0.1) is 0 Å². The molecule has 0 heterocycles. The summed E-state index contributed by atoms with van der Waals surface area (Å²) in [6.45, 7) is 0.383. The molecule has 1 aliphatic carbocycles. The van der Waals surface area contributed by atoms with E-state index in [2.05, 4.69) is 5.32 Å². The van der Waals surface area contributed by atoms with E-state index in [4.69, 9.17) is 5.11 Å². The van der Waals surface area contributed by atoms with Crippen LogP contribution in [0.25, 0.3) is 0 Å². The standard InChI is InChI=1S/C13H15NO3/c15-9-11-8-13(11,6-7-14-12(16)17)10-4-2-1-3-5-10/h1-5,9,11,14H,6-8H2,(H,16,17)/t11-,13+/m1/s1. The number of carboxylic acid groups (broad SMARTS) is 1. The summed E-state index contributed by atoms with van der Waals surface area (Å²) >= 11 is 0. The van der Waals surface area contributed by atoms with Crippen LogP contribution in [0.15, 0.2) is 30.3 Å². The summed E-state index contributed by atoms with van der Waals surface area (Å²) in [5, 5.41) is 10.9. The fraction of sp³-hybridized carbons (Fsp3) is 0.385. The van der Waals surface area contributed by atoms with Gasteiger partial charge in [-0.1, -0.05) is 30.3 Å². The van der Waals surface area contributed by atoms with Crippen LogP contribution in [0.5, 0.6) is 0 Å². The molecular weight excluding hydrogens is 218 g/mol. The van der Waals surface area contributed by atoms with Gasteiger partial charge in [-0.15, -0.1) is 0 Å². The molecule has 2 atom stereocenters. The lowest BCUT2D eigenvalue weighted by Crippen LogP contribution is -2.26. The summed E-state index contributed by atoms with van der Waals surface area (Å²) < 4.78 is 0. The molecule has 0 aromatic heterocycles. The molecule has 17 heavy (non-hydrogen) atoms. The molecule has 1 saturated carbocycles. The molecule has 2 N–H and O–H groups in total. The van der Waals surface area contributed by atoms with E-state index >= 15 is 0 Å². The fourth-order valence-electron chi connectivity index (χ4n) is 2.44. The summed E-state index contributed by atoms with van der Waals surface area (Å²) in [4.78, 5) is 21.3. The molecular formula is C13H15NO3. The summed E-state index contributed by atoms with van der Waals surface area (Å²) in [5.41, 5.74) is 0.982. The number of carbonyl (C=O) groups is 2. The first-order chi connectivity index (χ1) is 8.19. The third-order valence-electron chi connectivity index (χ3n) is 3.49. The average Bonchev–Trinajstić information content (AvgIpc) is 3.05. The average molecular weight is 233 g/mol. The van der Waals surface area contributed by atoms with Crippen molar-refractivity contribution < 1.29 is 14.7 Å². The second-order valence-electron chi connectivity index (χ2n) is 4.45. The highest BCUT2D eigenvalue weighted by molar-refractivity contribution is 5.66. The highest BCUT2D eigenvalue weighted by Crippen LogP contribution is 2.55. The Bertz CT molecular complexity index is 418. The lowest BCUT2D eigenvalue weighted by atomic mass is 9.90. The number of hydrogen-bond acceptors (Lipinski definition) is 2. The van der Waals surface area contributed by atoms with Crippen LogP contribution in [0.2, 0.25) is 0 Å². The van der Waals surface area contributed by atoms with Gasteiger partial charge in [0.15, 0.2) is 0 Å². The van der Waals surface area contributed by atoms with Gasteiger partial charge < -0.3 is 15.2 Å². The summed E-state index contributed by atoms with van der Waals surface area (Å²) in [5.74, 6) is 0.0282. The second-order valence-corrected chi connectivity index (χ2v) is 4.45. The Labute approximate surface area is 99.6 Å². The minimum absolute atomic E-state index is 0.0282. The zero-order chi connectivity index (χ0) is 12.3. The summed E-state index contributed by atoms with van der Waals surface area (Å²) in [6, 6.07) is 9.84. The van der Waals surface area contributed by atoms with E-state index in [0.29, 0.717) is 13.0 Å². The van der Waals surface area contributed by atoms with Gasteiger partial charge in [0.25, 0.3) is 0 Å². The van der Waals surface area contributed by atoms with Gasteiger partial charge in [-0.2, -0.15) is 0 Å². The summed E-state index contributed by atoms with van der Waals surface area (Å²) in [6.07, 6.45) is 1.46. The summed E-state index contributed by atoms with van der Waals surface area (Å²) in [7, 11) is 0. The van der Waals surface area contributed by atoms with Crippen molar-refractivity contribution in [1.29, 1.82) is 0 Å². The maximum absolute atomic E-state index is 10.9. The minimum atomic E-state index is -1.02. The molecule has 4 nitrogen and oxygen atoms in total. The second kappa shape index (κ2) is 4.57.